The Kier molecular flexibility index (Phi) is 4.67. The first kappa shape index (κ1) is 15.2. The van der Waals surface area contributed by atoms with Crippen LogP contribution < -0.4 is 4.72 Å². The highest BCUT2D eigenvalue weighted by atomic mass is 32.2. The van der Waals surface area contributed by atoms with E-state index < -0.39 is 10.0 Å². The average molecular weight is 305 g/mol. The third kappa shape index (κ3) is 3.87. The van der Waals surface area contributed by atoms with Gasteiger partial charge in [-0.1, -0.05) is 5.21 Å². The summed E-state index contributed by atoms with van der Waals surface area (Å²) in [6, 6.07) is 6.46. The summed E-state index contributed by atoms with van der Waals surface area (Å²) < 4.78 is 28.4. The highest BCUT2D eigenvalue weighted by Crippen LogP contribution is 2.14. The number of nitrogens with one attached hydrogen (secondary N) is 1. The van der Waals surface area contributed by atoms with Gasteiger partial charge in [0.25, 0.3) is 0 Å². The number of aromatic nitrogens is 3. The summed E-state index contributed by atoms with van der Waals surface area (Å²) in [7, 11) is -3.55. The number of aryl methyl sites for hydroxylation is 2. The van der Waals surface area contributed by atoms with Crippen molar-refractivity contribution in [2.45, 2.75) is 24.8 Å². The number of nitrogens with zero attached hydrogens (tertiary/aromatic N) is 4. The second kappa shape index (κ2) is 6.47. The molecule has 0 amide bonds. The van der Waals surface area contributed by atoms with E-state index >= 15 is 0 Å². The van der Waals surface area contributed by atoms with Gasteiger partial charge in [0.1, 0.15) is 0 Å². The van der Waals surface area contributed by atoms with Crippen molar-refractivity contribution in [3.63, 3.8) is 0 Å². The van der Waals surface area contributed by atoms with Crippen molar-refractivity contribution < 1.29 is 8.42 Å². The summed E-state index contributed by atoms with van der Waals surface area (Å²) in [6.45, 7) is 2.61. The van der Waals surface area contributed by atoms with Crippen LogP contribution in [0.25, 0.3) is 0 Å². The molecular formula is C13H15N5O2S. The van der Waals surface area contributed by atoms with Crippen LogP contribution in [0.15, 0.2) is 35.5 Å². The Labute approximate surface area is 123 Å². The van der Waals surface area contributed by atoms with Crippen LogP contribution in [0.2, 0.25) is 0 Å². The molecule has 7 nitrogen and oxygen atoms in total. The van der Waals surface area contributed by atoms with Gasteiger partial charge < -0.3 is 0 Å². The zero-order valence-corrected chi connectivity index (χ0v) is 12.3. The first-order valence-electron chi connectivity index (χ1n) is 6.37. The molecule has 1 heterocycles. The molecule has 0 atom stereocenters. The fourth-order valence-electron chi connectivity index (χ4n) is 1.81. The summed E-state index contributed by atoms with van der Waals surface area (Å²) in [5, 5.41) is 16.3. The monoisotopic (exact) mass is 305 g/mol. The number of nitriles is 1. The molecule has 0 saturated carbocycles. The van der Waals surface area contributed by atoms with Crippen LogP contribution in [-0.2, 0) is 16.6 Å². The molecule has 0 saturated heterocycles. The van der Waals surface area contributed by atoms with E-state index in [1.54, 1.807) is 24.0 Å². The highest BCUT2D eigenvalue weighted by Gasteiger charge is 2.14. The van der Waals surface area contributed by atoms with E-state index in [0.29, 0.717) is 30.6 Å². The average Bonchev–Trinajstić information content (AvgIpc) is 2.97. The van der Waals surface area contributed by atoms with Crippen molar-refractivity contribution in [2.24, 2.45) is 0 Å². The van der Waals surface area contributed by atoms with Crippen LogP contribution in [0, 0.1) is 18.3 Å². The molecule has 110 valence electrons. The number of benzene rings is 1. The van der Waals surface area contributed by atoms with Gasteiger partial charge in [-0.2, -0.15) is 5.26 Å². The lowest BCUT2D eigenvalue weighted by atomic mass is 10.1. The molecule has 0 aliphatic rings. The highest BCUT2D eigenvalue weighted by molar-refractivity contribution is 7.89. The first-order chi connectivity index (χ1) is 10.0. The molecule has 8 heteroatoms. The molecule has 0 fully saturated rings. The summed E-state index contributed by atoms with van der Waals surface area (Å²) in [4.78, 5) is 0.166. The minimum atomic E-state index is -3.55. The molecule has 21 heavy (non-hydrogen) atoms. The maximum atomic E-state index is 12.1. The lowest BCUT2D eigenvalue weighted by Crippen LogP contribution is -2.25. The predicted octanol–water partition coefficient (Wildman–Crippen LogP) is 0.827. The third-order valence-corrected chi connectivity index (χ3v) is 4.42. The van der Waals surface area contributed by atoms with E-state index in [1.165, 1.54) is 18.2 Å². The van der Waals surface area contributed by atoms with Crippen molar-refractivity contribution in [1.29, 1.82) is 5.26 Å². The van der Waals surface area contributed by atoms with Crippen molar-refractivity contribution >= 4 is 10.0 Å². The van der Waals surface area contributed by atoms with Gasteiger partial charge in [0.15, 0.2) is 0 Å². The molecule has 0 aliphatic carbocycles. The van der Waals surface area contributed by atoms with Gasteiger partial charge >= 0.3 is 0 Å². The Morgan fingerprint density at radius 1 is 1.43 bits per heavy atom. The molecule has 1 N–H and O–H groups in total. The maximum absolute atomic E-state index is 12.1. The van der Waals surface area contributed by atoms with E-state index in [-0.39, 0.29) is 4.90 Å². The van der Waals surface area contributed by atoms with Crippen molar-refractivity contribution in [1.82, 2.24) is 19.7 Å². The summed E-state index contributed by atoms with van der Waals surface area (Å²) in [5.74, 6) is 0. The van der Waals surface area contributed by atoms with Crippen molar-refractivity contribution in [3.8, 4) is 6.07 Å². The Morgan fingerprint density at radius 3 is 2.86 bits per heavy atom. The second-order valence-corrected chi connectivity index (χ2v) is 6.27. The van der Waals surface area contributed by atoms with E-state index in [9.17, 15) is 8.42 Å². The molecular weight excluding hydrogens is 290 g/mol. The van der Waals surface area contributed by atoms with Gasteiger partial charge in [-0.3, -0.25) is 4.68 Å². The predicted molar refractivity (Wildman–Crippen MR) is 75.7 cm³/mol. The van der Waals surface area contributed by atoms with E-state index in [1.807, 2.05) is 6.07 Å². The van der Waals surface area contributed by atoms with Crippen LogP contribution in [0.3, 0.4) is 0 Å². The van der Waals surface area contributed by atoms with Crippen LogP contribution in [0.4, 0.5) is 0 Å². The van der Waals surface area contributed by atoms with Crippen LogP contribution in [0.1, 0.15) is 17.5 Å². The molecule has 0 aliphatic heterocycles. The number of sulfonamides is 1. The van der Waals surface area contributed by atoms with Gasteiger partial charge in [-0.25, -0.2) is 13.1 Å². The fraction of sp³-hybridized carbons (Fsp3) is 0.308. The normalized spacial score (nSPS) is 11.2. The van der Waals surface area contributed by atoms with Crippen LogP contribution >= 0.6 is 0 Å². The smallest absolute Gasteiger partial charge is 0.240 e. The summed E-state index contributed by atoms with van der Waals surface area (Å²) >= 11 is 0. The molecule has 2 aromatic rings. The van der Waals surface area contributed by atoms with Gasteiger partial charge in [0.2, 0.25) is 10.0 Å². The van der Waals surface area contributed by atoms with Gasteiger partial charge in [0, 0.05) is 19.3 Å². The molecule has 0 bridgehead atoms. The van der Waals surface area contributed by atoms with Crippen molar-refractivity contribution in [3.05, 3.63) is 41.7 Å². The quantitative estimate of drug-likeness (QED) is 0.796. The molecule has 0 unspecified atom stereocenters. The van der Waals surface area contributed by atoms with Crippen LogP contribution in [0.5, 0.6) is 0 Å². The maximum Gasteiger partial charge on any atom is 0.240 e. The van der Waals surface area contributed by atoms with Gasteiger partial charge in [0.05, 0.1) is 22.7 Å². The Morgan fingerprint density at radius 2 is 2.24 bits per heavy atom. The number of hydrogen-bond acceptors (Lipinski definition) is 5. The third-order valence-electron chi connectivity index (χ3n) is 2.96. The van der Waals surface area contributed by atoms with Gasteiger partial charge in [-0.15, -0.1) is 5.10 Å². The lowest BCUT2D eigenvalue weighted by Gasteiger charge is -2.08. The van der Waals surface area contributed by atoms with E-state index in [0.717, 1.165) is 0 Å². The SMILES string of the molecule is Cc1cc(S(=O)(=O)NCCCn2ccnn2)ccc1C#N. The minimum absolute atomic E-state index is 0.166. The summed E-state index contributed by atoms with van der Waals surface area (Å²) in [6.07, 6.45) is 3.90. The second-order valence-electron chi connectivity index (χ2n) is 4.51. The fourth-order valence-corrected chi connectivity index (χ4v) is 2.97. The Balaban J connectivity index is 1.95. The summed E-state index contributed by atoms with van der Waals surface area (Å²) in [5.41, 5.74) is 1.11. The van der Waals surface area contributed by atoms with Crippen molar-refractivity contribution in [2.75, 3.05) is 6.54 Å². The first-order valence-corrected chi connectivity index (χ1v) is 7.86. The zero-order chi connectivity index (χ0) is 15.3. The molecule has 2 rings (SSSR count). The van der Waals surface area contributed by atoms with Crippen LogP contribution in [-0.4, -0.2) is 30.0 Å². The number of hydrogen-bond donors (Lipinski definition) is 1. The minimum Gasteiger partial charge on any atom is -0.253 e. The van der Waals surface area contributed by atoms with E-state index in [4.69, 9.17) is 5.26 Å². The lowest BCUT2D eigenvalue weighted by molar-refractivity contribution is 0.542. The Hall–Kier alpha value is -2.24. The standard InChI is InChI=1S/C13H15N5O2S/c1-11-9-13(4-3-12(11)10-14)21(19,20)16-5-2-7-18-8-6-15-17-18/h3-4,6,8-9,16H,2,5,7H2,1H3. The van der Waals surface area contributed by atoms with Gasteiger partial charge in [-0.05, 0) is 37.1 Å². The largest absolute Gasteiger partial charge is 0.253 e. The zero-order valence-electron chi connectivity index (χ0n) is 11.5. The molecule has 1 aromatic carbocycles. The van der Waals surface area contributed by atoms with E-state index in [2.05, 4.69) is 15.0 Å². The topological polar surface area (TPSA) is 101 Å². The Bertz CT molecular complexity index is 747. The molecule has 1 aromatic heterocycles. The molecule has 0 spiro atoms. The molecule has 0 radical (unpaired) electrons. The number of rotatable bonds is 6.